The number of nitrogens with zero attached hydrogens (tertiary/aromatic N) is 2. The number of aromatic nitrogens is 1. The molecule has 0 atom stereocenters. The van der Waals surface area contributed by atoms with E-state index in [-0.39, 0.29) is 0 Å². The Labute approximate surface area is 121 Å². The molecule has 0 bridgehead atoms. The summed E-state index contributed by atoms with van der Waals surface area (Å²) in [6, 6.07) is 14.7. The molecule has 2 rings (SSSR count). The molecule has 0 aliphatic carbocycles. The third-order valence-corrected chi connectivity index (χ3v) is 3.43. The summed E-state index contributed by atoms with van der Waals surface area (Å²) in [7, 11) is 2.09. The monoisotopic (exact) mass is 269 g/mol. The van der Waals surface area contributed by atoms with E-state index in [1.807, 2.05) is 13.0 Å². The molecule has 0 fully saturated rings. The fourth-order valence-corrected chi connectivity index (χ4v) is 2.31. The maximum atomic E-state index is 5.72. The summed E-state index contributed by atoms with van der Waals surface area (Å²) < 4.78 is 0. The summed E-state index contributed by atoms with van der Waals surface area (Å²) in [6.45, 7) is 3.57. The van der Waals surface area contributed by atoms with E-state index in [0.29, 0.717) is 6.54 Å². The molecule has 1 aromatic carbocycles. The van der Waals surface area contributed by atoms with Crippen molar-refractivity contribution >= 4 is 5.82 Å². The van der Waals surface area contributed by atoms with Crippen LogP contribution in [0.2, 0.25) is 0 Å². The van der Waals surface area contributed by atoms with Gasteiger partial charge in [-0.15, -0.1) is 0 Å². The van der Waals surface area contributed by atoms with Crippen molar-refractivity contribution in [2.24, 2.45) is 5.73 Å². The summed E-state index contributed by atoms with van der Waals surface area (Å²) >= 11 is 0. The molecule has 3 heteroatoms. The van der Waals surface area contributed by atoms with Gasteiger partial charge < -0.3 is 10.6 Å². The molecular weight excluding hydrogens is 246 g/mol. The van der Waals surface area contributed by atoms with Crippen molar-refractivity contribution in [1.82, 2.24) is 4.98 Å². The van der Waals surface area contributed by atoms with Crippen LogP contribution in [0.25, 0.3) is 0 Å². The highest BCUT2D eigenvalue weighted by Crippen LogP contribution is 2.14. The largest absolute Gasteiger partial charge is 0.360 e. The Morgan fingerprint density at radius 1 is 1.10 bits per heavy atom. The van der Waals surface area contributed by atoms with Crippen molar-refractivity contribution in [1.29, 1.82) is 0 Å². The minimum atomic E-state index is 0.564. The minimum Gasteiger partial charge on any atom is -0.360 e. The summed E-state index contributed by atoms with van der Waals surface area (Å²) in [4.78, 5) is 6.78. The number of aryl methyl sites for hydroxylation is 2. The summed E-state index contributed by atoms with van der Waals surface area (Å²) in [5, 5.41) is 0. The fraction of sp³-hybridized carbons (Fsp3) is 0.353. The number of nitrogens with two attached hydrogens (primary N) is 1. The van der Waals surface area contributed by atoms with Crippen molar-refractivity contribution in [2.45, 2.75) is 26.3 Å². The van der Waals surface area contributed by atoms with Crippen LogP contribution in [-0.4, -0.2) is 18.6 Å². The molecule has 106 valence electrons. The van der Waals surface area contributed by atoms with Gasteiger partial charge in [0.25, 0.3) is 0 Å². The van der Waals surface area contributed by atoms with E-state index in [9.17, 15) is 0 Å². The Morgan fingerprint density at radius 2 is 1.85 bits per heavy atom. The molecule has 0 aliphatic rings. The average Bonchev–Trinajstić information content (AvgIpc) is 2.47. The molecule has 20 heavy (non-hydrogen) atoms. The molecule has 1 heterocycles. The van der Waals surface area contributed by atoms with Crippen molar-refractivity contribution < 1.29 is 0 Å². The number of hydrogen-bond donors (Lipinski definition) is 1. The molecular formula is C17H23N3. The van der Waals surface area contributed by atoms with Gasteiger partial charge in [-0.2, -0.15) is 0 Å². The topological polar surface area (TPSA) is 42.1 Å². The Balaban J connectivity index is 1.91. The zero-order chi connectivity index (χ0) is 14.4. The first-order chi connectivity index (χ1) is 9.69. The smallest absolute Gasteiger partial charge is 0.128 e. The van der Waals surface area contributed by atoms with E-state index in [1.165, 1.54) is 5.56 Å². The van der Waals surface area contributed by atoms with Gasteiger partial charge in [-0.25, -0.2) is 4.98 Å². The predicted molar refractivity (Wildman–Crippen MR) is 84.9 cm³/mol. The zero-order valence-electron chi connectivity index (χ0n) is 12.3. The van der Waals surface area contributed by atoms with E-state index in [2.05, 4.69) is 53.3 Å². The highest BCUT2D eigenvalue weighted by atomic mass is 15.2. The van der Waals surface area contributed by atoms with Gasteiger partial charge in [-0.05, 0) is 43.0 Å². The molecule has 3 nitrogen and oxygen atoms in total. The van der Waals surface area contributed by atoms with Crippen LogP contribution < -0.4 is 10.6 Å². The molecule has 0 saturated carbocycles. The number of hydrogen-bond acceptors (Lipinski definition) is 3. The Hall–Kier alpha value is -1.87. The van der Waals surface area contributed by atoms with Crippen LogP contribution in [0, 0.1) is 6.92 Å². The van der Waals surface area contributed by atoms with E-state index in [0.717, 1.165) is 36.5 Å². The summed E-state index contributed by atoms with van der Waals surface area (Å²) in [6.07, 6.45) is 2.22. The predicted octanol–water partition coefficient (Wildman–Crippen LogP) is 2.92. The van der Waals surface area contributed by atoms with Crippen molar-refractivity contribution in [3.8, 4) is 0 Å². The van der Waals surface area contributed by atoms with Gasteiger partial charge in [0.15, 0.2) is 0 Å². The van der Waals surface area contributed by atoms with E-state index >= 15 is 0 Å². The van der Waals surface area contributed by atoms with Crippen LogP contribution in [-0.2, 0) is 13.0 Å². The van der Waals surface area contributed by atoms with Crippen LogP contribution in [0.4, 0.5) is 5.82 Å². The van der Waals surface area contributed by atoms with Gasteiger partial charge in [0.2, 0.25) is 0 Å². The minimum absolute atomic E-state index is 0.564. The lowest BCUT2D eigenvalue weighted by Gasteiger charge is -2.19. The zero-order valence-corrected chi connectivity index (χ0v) is 12.3. The Bertz CT molecular complexity index is 537. The first-order valence-electron chi connectivity index (χ1n) is 7.12. The average molecular weight is 269 g/mol. The number of pyridine rings is 1. The SMILES string of the molecule is Cc1cc(CN)cc(N(C)CCCc2ccccc2)n1. The van der Waals surface area contributed by atoms with Crippen LogP contribution in [0.15, 0.2) is 42.5 Å². The third kappa shape index (κ3) is 4.07. The molecule has 0 spiro atoms. The molecule has 0 amide bonds. The third-order valence-electron chi connectivity index (χ3n) is 3.43. The number of anilines is 1. The van der Waals surface area contributed by atoms with Crippen LogP contribution >= 0.6 is 0 Å². The molecule has 0 saturated heterocycles. The van der Waals surface area contributed by atoms with Crippen LogP contribution in [0.3, 0.4) is 0 Å². The first-order valence-corrected chi connectivity index (χ1v) is 7.12. The van der Waals surface area contributed by atoms with Crippen molar-refractivity contribution in [3.63, 3.8) is 0 Å². The lowest BCUT2D eigenvalue weighted by atomic mass is 10.1. The molecule has 2 aromatic rings. The summed E-state index contributed by atoms with van der Waals surface area (Å²) in [5.74, 6) is 1.01. The molecule has 0 radical (unpaired) electrons. The van der Waals surface area contributed by atoms with E-state index in [1.54, 1.807) is 0 Å². The fourth-order valence-electron chi connectivity index (χ4n) is 2.31. The number of benzene rings is 1. The highest BCUT2D eigenvalue weighted by molar-refractivity contribution is 5.41. The van der Waals surface area contributed by atoms with Gasteiger partial charge in [-0.1, -0.05) is 30.3 Å². The normalized spacial score (nSPS) is 10.6. The number of rotatable bonds is 6. The van der Waals surface area contributed by atoms with Gasteiger partial charge in [-0.3, -0.25) is 0 Å². The van der Waals surface area contributed by atoms with Crippen molar-refractivity contribution in [3.05, 3.63) is 59.3 Å². The standard InChI is InChI=1S/C17H23N3/c1-14-11-16(13-18)12-17(19-14)20(2)10-6-9-15-7-4-3-5-8-15/h3-5,7-8,11-12H,6,9-10,13,18H2,1-2H3. The van der Waals surface area contributed by atoms with Crippen LogP contribution in [0.5, 0.6) is 0 Å². The lowest BCUT2D eigenvalue weighted by molar-refractivity contribution is 0.775. The molecule has 2 N–H and O–H groups in total. The second-order valence-corrected chi connectivity index (χ2v) is 5.19. The van der Waals surface area contributed by atoms with Crippen LogP contribution in [0.1, 0.15) is 23.2 Å². The quantitative estimate of drug-likeness (QED) is 0.876. The van der Waals surface area contributed by atoms with Gasteiger partial charge >= 0.3 is 0 Å². The van der Waals surface area contributed by atoms with Gasteiger partial charge in [0, 0.05) is 25.8 Å². The first kappa shape index (κ1) is 14.5. The maximum Gasteiger partial charge on any atom is 0.128 e. The van der Waals surface area contributed by atoms with Gasteiger partial charge in [0.05, 0.1) is 0 Å². The Kier molecular flexibility index (Phi) is 5.13. The molecule has 0 unspecified atom stereocenters. The summed E-state index contributed by atoms with van der Waals surface area (Å²) in [5.41, 5.74) is 9.27. The van der Waals surface area contributed by atoms with Crippen molar-refractivity contribution in [2.75, 3.05) is 18.5 Å². The second-order valence-electron chi connectivity index (χ2n) is 5.19. The Morgan fingerprint density at radius 3 is 2.55 bits per heavy atom. The van der Waals surface area contributed by atoms with E-state index in [4.69, 9.17) is 5.73 Å². The lowest BCUT2D eigenvalue weighted by Crippen LogP contribution is -2.21. The molecule has 0 aliphatic heterocycles. The second kappa shape index (κ2) is 7.06. The molecule has 1 aromatic heterocycles. The van der Waals surface area contributed by atoms with Gasteiger partial charge in [0.1, 0.15) is 5.82 Å². The van der Waals surface area contributed by atoms with E-state index < -0.39 is 0 Å². The maximum absolute atomic E-state index is 5.72. The highest BCUT2D eigenvalue weighted by Gasteiger charge is 2.05.